The van der Waals surface area contributed by atoms with Crippen LogP contribution in [0.3, 0.4) is 0 Å². The molecule has 2 fully saturated rings. The van der Waals surface area contributed by atoms with E-state index in [0.29, 0.717) is 21.7 Å². The third-order valence-corrected chi connectivity index (χ3v) is 6.16. The minimum absolute atomic E-state index is 0.149. The molecule has 2 aromatic heterocycles. The maximum atomic E-state index is 12.2. The quantitative estimate of drug-likeness (QED) is 0.349. The van der Waals surface area contributed by atoms with Gasteiger partial charge in [-0.1, -0.05) is 23.7 Å². The number of halogens is 1. The average molecular weight is 519 g/mol. The zero-order valence-electron chi connectivity index (χ0n) is 19.7. The summed E-state index contributed by atoms with van der Waals surface area (Å²) in [4.78, 5) is 24.0. The van der Waals surface area contributed by atoms with Crippen molar-refractivity contribution in [3.8, 4) is 11.9 Å². The van der Waals surface area contributed by atoms with Gasteiger partial charge in [-0.25, -0.2) is 0 Å². The van der Waals surface area contributed by atoms with Crippen LogP contribution < -0.4 is 14.8 Å². The highest BCUT2D eigenvalue weighted by atomic mass is 35.5. The van der Waals surface area contributed by atoms with Gasteiger partial charge in [0.2, 0.25) is 5.88 Å². The highest BCUT2D eigenvalue weighted by molar-refractivity contribution is 6.32. The number of imidazole rings is 1. The second-order valence-electron chi connectivity index (χ2n) is 9.49. The van der Waals surface area contributed by atoms with Crippen molar-refractivity contribution in [3.63, 3.8) is 0 Å². The average Bonchev–Trinajstić information content (AvgIpc) is 3.52. The fraction of sp³-hybridized carbons (Fsp3) is 0.458. The fourth-order valence-electron chi connectivity index (χ4n) is 4.03. The highest BCUT2D eigenvalue weighted by Gasteiger charge is 2.48. The summed E-state index contributed by atoms with van der Waals surface area (Å²) >= 11 is 6.36. The molecule has 2 saturated heterocycles. The highest BCUT2D eigenvalue weighted by Crippen LogP contribution is 2.31. The molecule has 1 amide bonds. The summed E-state index contributed by atoms with van der Waals surface area (Å²) in [6, 6.07) is 8.79. The molecule has 5 rings (SSSR count). The van der Waals surface area contributed by atoms with Crippen molar-refractivity contribution in [3.05, 3.63) is 46.5 Å². The number of fused-ring (bicyclic) bond motifs is 2. The predicted molar refractivity (Wildman–Crippen MR) is 128 cm³/mol. The van der Waals surface area contributed by atoms with Crippen LogP contribution in [0, 0.1) is 0 Å². The first-order chi connectivity index (χ1) is 17.2. The Morgan fingerprint density at radius 3 is 2.72 bits per heavy atom. The molecule has 3 aromatic rings. The first kappa shape index (κ1) is 24.7. The Kier molecular flexibility index (Phi) is 6.75. The van der Waals surface area contributed by atoms with Crippen molar-refractivity contribution >= 4 is 28.7 Å². The number of aliphatic hydroxyl groups is 2. The maximum absolute atomic E-state index is 12.2. The first-order valence-corrected chi connectivity index (χ1v) is 11.9. The van der Waals surface area contributed by atoms with Crippen LogP contribution in [0.15, 0.2) is 30.3 Å². The number of nitrogens with one attached hydrogen (secondary N) is 2. The largest absolute Gasteiger partial charge is 0.472 e. The monoisotopic (exact) mass is 518 g/mol. The van der Waals surface area contributed by atoms with Gasteiger partial charge in [-0.3, -0.25) is 4.79 Å². The maximum Gasteiger partial charge on any atom is 0.296 e. The summed E-state index contributed by atoms with van der Waals surface area (Å²) < 4.78 is 22.8. The third-order valence-electron chi connectivity index (χ3n) is 5.89. The topological polar surface area (TPSA) is 148 Å². The van der Waals surface area contributed by atoms with E-state index in [9.17, 15) is 15.0 Å². The van der Waals surface area contributed by atoms with E-state index < -0.39 is 23.9 Å². The number of benzene rings is 1. The van der Waals surface area contributed by atoms with Crippen LogP contribution >= 0.6 is 11.6 Å². The van der Waals surface area contributed by atoms with Crippen LogP contribution in [0.1, 0.15) is 29.8 Å². The van der Waals surface area contributed by atoms with E-state index in [0.717, 1.165) is 5.56 Å². The number of aromatic nitrogens is 3. The Labute approximate surface area is 211 Å². The number of carbonyl (C=O) groups is 1. The molecule has 2 aliphatic heterocycles. The number of aromatic amines is 1. The summed E-state index contributed by atoms with van der Waals surface area (Å²) in [6.07, 6.45) is -1.82. The molecule has 0 radical (unpaired) electrons. The van der Waals surface area contributed by atoms with Crippen molar-refractivity contribution in [2.45, 2.75) is 50.5 Å². The molecular formula is C24H27ClN4O7. The Balaban J connectivity index is 1.21. The number of aliphatic hydroxyl groups excluding tert-OH is 1. The number of amides is 1. The van der Waals surface area contributed by atoms with E-state index in [-0.39, 0.29) is 50.3 Å². The molecule has 4 N–H and O–H groups in total. The zero-order valence-corrected chi connectivity index (χ0v) is 20.5. The minimum atomic E-state index is -0.986. The van der Waals surface area contributed by atoms with Gasteiger partial charge < -0.3 is 39.5 Å². The standard InChI is InChI=1S/C24H27ClN4O7/c1-24(2,32)11-26-21(31)13-5-3-12(4-6-13)8-35-22-14(25)7-15-20(28-22)29-23(27-15)36-17-10-34-18-16(30)9-33-19(17)18/h3-7,16-19,30,32H,8-11H2,1-2H3,(H,26,31)(H,27,28,29)/t16-,17-,18-,19-/m1/s1. The Morgan fingerprint density at radius 2 is 1.97 bits per heavy atom. The molecule has 2 aliphatic rings. The SMILES string of the molecule is CC(C)(O)CNC(=O)c1ccc(COc2nc3nc(O[C@@H]4CO[C@H]5[C@@H]4OC[C@H]5O)[nH]c3cc2Cl)cc1. The van der Waals surface area contributed by atoms with Crippen molar-refractivity contribution in [1.29, 1.82) is 0 Å². The number of pyridine rings is 1. The molecule has 36 heavy (non-hydrogen) atoms. The normalized spacial score (nSPS) is 23.6. The lowest BCUT2D eigenvalue weighted by Crippen LogP contribution is -2.38. The number of nitrogens with zero attached hydrogens (tertiary/aromatic N) is 2. The molecule has 0 aliphatic carbocycles. The Hall–Kier alpha value is -2.96. The number of hydrogen-bond donors (Lipinski definition) is 4. The second kappa shape index (κ2) is 9.83. The number of rotatable bonds is 8. The molecule has 11 nitrogen and oxygen atoms in total. The zero-order chi connectivity index (χ0) is 25.4. The van der Waals surface area contributed by atoms with Crippen molar-refractivity contribution < 1.29 is 34.0 Å². The predicted octanol–water partition coefficient (Wildman–Crippen LogP) is 1.60. The summed E-state index contributed by atoms with van der Waals surface area (Å²) in [7, 11) is 0. The van der Waals surface area contributed by atoms with Crippen LogP contribution in [0.5, 0.6) is 11.9 Å². The van der Waals surface area contributed by atoms with E-state index in [4.69, 9.17) is 30.5 Å². The summed E-state index contributed by atoms with van der Waals surface area (Å²) in [5, 5.41) is 22.6. The van der Waals surface area contributed by atoms with Crippen LogP contribution in [-0.2, 0) is 16.1 Å². The number of carbonyl (C=O) groups excluding carboxylic acids is 1. The molecule has 4 heterocycles. The second-order valence-corrected chi connectivity index (χ2v) is 9.90. The van der Waals surface area contributed by atoms with Gasteiger partial charge >= 0.3 is 0 Å². The van der Waals surface area contributed by atoms with Crippen LogP contribution in [0.4, 0.5) is 0 Å². The van der Waals surface area contributed by atoms with Gasteiger partial charge in [-0.15, -0.1) is 0 Å². The third kappa shape index (κ3) is 5.40. The summed E-state index contributed by atoms with van der Waals surface area (Å²) in [5.41, 5.74) is 1.24. The number of H-pyrrole nitrogens is 1. The molecule has 0 spiro atoms. The molecule has 1 aromatic carbocycles. The lowest BCUT2D eigenvalue weighted by Gasteiger charge is -2.17. The van der Waals surface area contributed by atoms with E-state index in [1.807, 2.05) is 0 Å². The van der Waals surface area contributed by atoms with E-state index in [1.54, 1.807) is 44.2 Å². The molecule has 0 bridgehead atoms. The van der Waals surface area contributed by atoms with Gasteiger partial charge in [0.1, 0.15) is 29.9 Å². The van der Waals surface area contributed by atoms with E-state index >= 15 is 0 Å². The van der Waals surface area contributed by atoms with Gasteiger partial charge in [-0.05, 0) is 37.6 Å². The van der Waals surface area contributed by atoms with Crippen molar-refractivity contribution in [2.24, 2.45) is 0 Å². The van der Waals surface area contributed by atoms with E-state index in [2.05, 4.69) is 20.3 Å². The lowest BCUT2D eigenvalue weighted by molar-refractivity contribution is 0.00706. The van der Waals surface area contributed by atoms with Gasteiger partial charge in [0, 0.05) is 12.1 Å². The van der Waals surface area contributed by atoms with Crippen LogP contribution in [0.2, 0.25) is 5.02 Å². The van der Waals surface area contributed by atoms with Gasteiger partial charge in [-0.2, -0.15) is 9.97 Å². The van der Waals surface area contributed by atoms with Crippen molar-refractivity contribution in [1.82, 2.24) is 20.3 Å². The molecule has 192 valence electrons. The summed E-state index contributed by atoms with van der Waals surface area (Å²) in [5.74, 6) is -0.0626. The van der Waals surface area contributed by atoms with E-state index in [1.165, 1.54) is 0 Å². The van der Waals surface area contributed by atoms with Gasteiger partial charge in [0.15, 0.2) is 11.8 Å². The fourth-order valence-corrected chi connectivity index (χ4v) is 4.23. The summed E-state index contributed by atoms with van der Waals surface area (Å²) in [6.45, 7) is 4.07. The van der Waals surface area contributed by atoms with Gasteiger partial charge in [0.05, 0.1) is 24.3 Å². The molecule has 0 unspecified atom stereocenters. The molecule has 4 atom stereocenters. The lowest BCUT2D eigenvalue weighted by atomic mass is 10.1. The Bertz CT molecular complexity index is 1240. The number of ether oxygens (including phenoxy) is 4. The Morgan fingerprint density at radius 1 is 1.22 bits per heavy atom. The van der Waals surface area contributed by atoms with Crippen molar-refractivity contribution in [2.75, 3.05) is 19.8 Å². The minimum Gasteiger partial charge on any atom is -0.472 e. The smallest absolute Gasteiger partial charge is 0.296 e. The molecule has 12 heteroatoms. The number of hydrogen-bond acceptors (Lipinski definition) is 9. The van der Waals surface area contributed by atoms with Gasteiger partial charge in [0.25, 0.3) is 11.9 Å². The molecule has 0 saturated carbocycles. The van der Waals surface area contributed by atoms with Crippen LogP contribution in [0.25, 0.3) is 11.2 Å². The molecular weight excluding hydrogens is 492 g/mol. The van der Waals surface area contributed by atoms with Crippen LogP contribution in [-0.4, -0.2) is 80.8 Å². The first-order valence-electron chi connectivity index (χ1n) is 11.5.